The minimum atomic E-state index is 0.373. The first kappa shape index (κ1) is 11.9. The molecular weight excluding hydrogens is 270 g/mol. The van der Waals surface area contributed by atoms with Gasteiger partial charge in [0.15, 0.2) is 5.13 Å². The third-order valence-electron chi connectivity index (χ3n) is 4.07. The van der Waals surface area contributed by atoms with E-state index in [1.54, 1.807) is 6.20 Å². The molecule has 1 aliphatic carbocycles. The van der Waals surface area contributed by atoms with E-state index in [9.17, 15) is 0 Å². The van der Waals surface area contributed by atoms with E-state index in [4.69, 9.17) is 10.2 Å². The Hall–Kier alpha value is -1.87. The minimum Gasteiger partial charge on any atom is -0.344 e. The number of hydrogen-bond donors (Lipinski definition) is 0. The lowest BCUT2D eigenvalue weighted by Gasteiger charge is -2.38. The molecule has 6 heteroatoms. The molecule has 3 heterocycles. The van der Waals surface area contributed by atoms with Crippen molar-refractivity contribution < 1.29 is 0 Å². The topological polar surface area (TPSA) is 57.7 Å². The summed E-state index contributed by atoms with van der Waals surface area (Å²) in [5.41, 5.74) is 1.96. The molecule has 4 rings (SSSR count). The highest BCUT2D eigenvalue weighted by Crippen LogP contribution is 2.35. The highest BCUT2D eigenvalue weighted by Gasteiger charge is 2.31. The fourth-order valence-corrected chi connectivity index (χ4v) is 4.01. The van der Waals surface area contributed by atoms with Crippen molar-refractivity contribution in [2.24, 2.45) is 0 Å². The van der Waals surface area contributed by atoms with E-state index in [-0.39, 0.29) is 0 Å². The van der Waals surface area contributed by atoms with Crippen molar-refractivity contribution in [1.82, 2.24) is 14.8 Å². The molecule has 2 aliphatic rings. The molecular formula is C14H15N5S. The number of fused-ring (bicyclic) bond motifs is 1. The van der Waals surface area contributed by atoms with E-state index in [1.807, 2.05) is 22.2 Å². The first-order valence-corrected chi connectivity index (χ1v) is 7.83. The smallest absolute Gasteiger partial charge is 0.185 e. The molecule has 0 atom stereocenters. The summed E-state index contributed by atoms with van der Waals surface area (Å²) in [6.07, 6.45) is 8.40. The molecule has 0 bridgehead atoms. The molecule has 0 unspecified atom stereocenters. The number of aryl methyl sites for hydroxylation is 2. The van der Waals surface area contributed by atoms with E-state index < -0.39 is 0 Å². The molecule has 0 aromatic carbocycles. The first-order valence-electron chi connectivity index (χ1n) is 7.01. The van der Waals surface area contributed by atoms with Gasteiger partial charge in [-0.3, -0.25) is 4.68 Å². The number of nitriles is 1. The zero-order valence-electron chi connectivity index (χ0n) is 11.1. The van der Waals surface area contributed by atoms with Crippen LogP contribution in [0.15, 0.2) is 12.4 Å². The number of thiazole rings is 1. The largest absolute Gasteiger partial charge is 0.344 e. The zero-order valence-corrected chi connectivity index (χ0v) is 11.9. The van der Waals surface area contributed by atoms with Crippen LogP contribution in [-0.4, -0.2) is 27.9 Å². The average Bonchev–Trinajstić information content (AvgIpc) is 3.03. The van der Waals surface area contributed by atoms with Crippen LogP contribution in [0.4, 0.5) is 5.13 Å². The highest BCUT2D eigenvalue weighted by atomic mass is 32.1. The molecule has 2 aromatic heterocycles. The van der Waals surface area contributed by atoms with Crippen LogP contribution < -0.4 is 4.90 Å². The Labute approximate surface area is 121 Å². The van der Waals surface area contributed by atoms with Gasteiger partial charge >= 0.3 is 0 Å². The summed E-state index contributed by atoms with van der Waals surface area (Å²) in [6.45, 7) is 1.89. The van der Waals surface area contributed by atoms with Crippen LogP contribution in [-0.2, 0) is 12.8 Å². The quantitative estimate of drug-likeness (QED) is 0.848. The van der Waals surface area contributed by atoms with Gasteiger partial charge in [0.25, 0.3) is 0 Å². The lowest BCUT2D eigenvalue weighted by molar-refractivity contribution is 0.367. The standard InChI is InChI=1S/C14H15N5S/c15-5-10-6-16-19(7-10)11-8-18(9-11)14-17-12-3-1-2-4-13(12)20-14/h6-7,11H,1-4,8-9H2. The van der Waals surface area contributed by atoms with Crippen LogP contribution in [0.5, 0.6) is 0 Å². The molecule has 102 valence electrons. The van der Waals surface area contributed by atoms with Crippen molar-refractivity contribution in [2.75, 3.05) is 18.0 Å². The van der Waals surface area contributed by atoms with Crippen LogP contribution in [0.3, 0.4) is 0 Å². The molecule has 0 amide bonds. The van der Waals surface area contributed by atoms with Crippen molar-refractivity contribution in [3.8, 4) is 6.07 Å². The predicted molar refractivity (Wildman–Crippen MR) is 76.9 cm³/mol. The van der Waals surface area contributed by atoms with Crippen LogP contribution in [0.1, 0.15) is 35.0 Å². The Bertz CT molecular complexity index is 651. The third-order valence-corrected chi connectivity index (χ3v) is 5.29. The van der Waals surface area contributed by atoms with Gasteiger partial charge in [0.05, 0.1) is 23.5 Å². The lowest BCUT2D eigenvalue weighted by atomic mass is 10.0. The fourth-order valence-electron chi connectivity index (χ4n) is 2.85. The van der Waals surface area contributed by atoms with E-state index in [1.165, 1.54) is 35.0 Å². The Balaban J connectivity index is 1.45. The highest BCUT2D eigenvalue weighted by molar-refractivity contribution is 7.15. The van der Waals surface area contributed by atoms with Gasteiger partial charge in [0, 0.05) is 24.2 Å². The average molecular weight is 285 g/mol. The molecule has 0 spiro atoms. The van der Waals surface area contributed by atoms with Crippen LogP contribution in [0.25, 0.3) is 0 Å². The molecule has 1 saturated heterocycles. The maximum atomic E-state index is 8.82. The van der Waals surface area contributed by atoms with Gasteiger partial charge in [-0.1, -0.05) is 0 Å². The second kappa shape index (κ2) is 4.60. The van der Waals surface area contributed by atoms with E-state index in [2.05, 4.69) is 16.1 Å². The van der Waals surface area contributed by atoms with Crippen molar-refractivity contribution in [3.63, 3.8) is 0 Å². The van der Waals surface area contributed by atoms with Gasteiger partial charge in [0.1, 0.15) is 6.07 Å². The van der Waals surface area contributed by atoms with Crippen molar-refractivity contribution in [3.05, 3.63) is 28.5 Å². The summed E-state index contributed by atoms with van der Waals surface area (Å²) >= 11 is 1.86. The number of rotatable bonds is 2. The molecule has 1 fully saturated rings. The first-order chi connectivity index (χ1) is 9.83. The van der Waals surface area contributed by atoms with Gasteiger partial charge in [-0.15, -0.1) is 11.3 Å². The Morgan fingerprint density at radius 1 is 1.30 bits per heavy atom. The predicted octanol–water partition coefficient (Wildman–Crippen LogP) is 2.15. The summed E-state index contributed by atoms with van der Waals surface area (Å²) < 4.78 is 1.91. The van der Waals surface area contributed by atoms with Crippen LogP contribution in [0, 0.1) is 11.3 Å². The zero-order chi connectivity index (χ0) is 13.5. The molecule has 20 heavy (non-hydrogen) atoms. The summed E-state index contributed by atoms with van der Waals surface area (Å²) in [5.74, 6) is 0. The SMILES string of the molecule is N#Cc1cnn(C2CN(c3nc4c(s3)CCCC4)C2)c1. The number of nitrogens with zero attached hydrogens (tertiary/aromatic N) is 5. The van der Waals surface area contributed by atoms with Gasteiger partial charge in [-0.25, -0.2) is 4.98 Å². The molecule has 1 aliphatic heterocycles. The van der Waals surface area contributed by atoms with E-state index in [0.717, 1.165) is 19.5 Å². The minimum absolute atomic E-state index is 0.373. The van der Waals surface area contributed by atoms with E-state index in [0.29, 0.717) is 11.6 Å². The molecule has 5 nitrogen and oxygen atoms in total. The normalized spacial score (nSPS) is 18.4. The van der Waals surface area contributed by atoms with Crippen molar-refractivity contribution >= 4 is 16.5 Å². The van der Waals surface area contributed by atoms with Gasteiger partial charge in [-0.05, 0) is 25.7 Å². The van der Waals surface area contributed by atoms with Gasteiger partial charge in [-0.2, -0.15) is 10.4 Å². The number of hydrogen-bond acceptors (Lipinski definition) is 5. The van der Waals surface area contributed by atoms with E-state index >= 15 is 0 Å². The van der Waals surface area contributed by atoms with Crippen LogP contribution >= 0.6 is 11.3 Å². The Morgan fingerprint density at radius 3 is 2.90 bits per heavy atom. The van der Waals surface area contributed by atoms with Gasteiger partial charge in [0.2, 0.25) is 0 Å². The Kier molecular flexibility index (Phi) is 2.74. The summed E-state index contributed by atoms with van der Waals surface area (Å²) in [4.78, 5) is 8.59. The number of anilines is 1. The molecule has 0 saturated carbocycles. The van der Waals surface area contributed by atoms with Gasteiger partial charge < -0.3 is 4.90 Å². The lowest BCUT2D eigenvalue weighted by Crippen LogP contribution is -2.48. The van der Waals surface area contributed by atoms with Crippen molar-refractivity contribution in [2.45, 2.75) is 31.7 Å². The monoisotopic (exact) mass is 285 g/mol. The molecule has 0 radical (unpaired) electrons. The summed E-state index contributed by atoms with van der Waals surface area (Å²) in [5, 5.41) is 14.2. The summed E-state index contributed by atoms with van der Waals surface area (Å²) in [7, 11) is 0. The number of aromatic nitrogens is 3. The fraction of sp³-hybridized carbons (Fsp3) is 0.500. The van der Waals surface area contributed by atoms with Crippen molar-refractivity contribution in [1.29, 1.82) is 5.26 Å². The molecule has 0 N–H and O–H groups in total. The Morgan fingerprint density at radius 2 is 2.15 bits per heavy atom. The maximum absolute atomic E-state index is 8.82. The second-order valence-corrected chi connectivity index (χ2v) is 6.52. The van der Waals surface area contributed by atoms with Crippen LogP contribution in [0.2, 0.25) is 0 Å². The summed E-state index contributed by atoms with van der Waals surface area (Å²) in [6, 6.07) is 2.49. The third kappa shape index (κ3) is 1.90. The maximum Gasteiger partial charge on any atom is 0.185 e. The molecule has 2 aromatic rings. The second-order valence-electron chi connectivity index (χ2n) is 5.45.